The van der Waals surface area contributed by atoms with Crippen LogP contribution in [0.15, 0.2) is 12.2 Å². The summed E-state index contributed by atoms with van der Waals surface area (Å²) >= 11 is 0. The van der Waals surface area contributed by atoms with Gasteiger partial charge in [0.1, 0.15) is 0 Å². The van der Waals surface area contributed by atoms with Crippen LogP contribution in [0.2, 0.25) is 0 Å². The topological polar surface area (TPSA) is 0 Å². The fourth-order valence-electron chi connectivity index (χ4n) is 2.58. The summed E-state index contributed by atoms with van der Waals surface area (Å²) in [4.78, 5) is 0. The van der Waals surface area contributed by atoms with Crippen molar-refractivity contribution in [1.29, 1.82) is 0 Å². The molecule has 0 aromatic rings. The van der Waals surface area contributed by atoms with E-state index in [0.29, 0.717) is 0 Å². The maximum atomic E-state index is 5.22. The molecule has 19 heavy (non-hydrogen) atoms. The number of hydrogen-bond acceptors (Lipinski definition) is 0. The van der Waals surface area contributed by atoms with Crippen molar-refractivity contribution in [3.05, 3.63) is 12.2 Å². The molecule has 0 aromatic heterocycles. The third-order valence-electron chi connectivity index (χ3n) is 3.69. The van der Waals surface area contributed by atoms with Gasteiger partial charge < -0.3 is 0 Å². The maximum Gasteiger partial charge on any atom is -0.0161 e. The molecule has 2 unspecified atom stereocenters. The molecule has 1 rings (SSSR count). The highest BCUT2D eigenvalue weighted by Gasteiger charge is 2.16. The summed E-state index contributed by atoms with van der Waals surface area (Å²) in [6.45, 7) is 6.42. The standard InChI is InChI=1S/C15H24.C2H6.C2H2/c1-3-4-8-12-15-13-10-7-5-6-9-11-14(15)2;2*1-2/h1,4,8,14-15H,5-7,9-13H2,2H3;1-2H3;1-2H/b8-4-;;. The third kappa shape index (κ3) is 11.7. The van der Waals surface area contributed by atoms with Gasteiger partial charge in [-0.25, -0.2) is 0 Å². The Labute approximate surface area is 122 Å². The normalized spacial score (nSPS) is 23.4. The Morgan fingerprint density at radius 1 is 1.00 bits per heavy atom. The van der Waals surface area contributed by atoms with Crippen molar-refractivity contribution >= 4 is 0 Å². The summed E-state index contributed by atoms with van der Waals surface area (Å²) < 4.78 is 0. The fraction of sp³-hybridized carbons (Fsp3) is 0.684. The highest BCUT2D eigenvalue weighted by Crippen LogP contribution is 2.29. The van der Waals surface area contributed by atoms with Gasteiger partial charge in [-0.05, 0) is 30.8 Å². The molecule has 0 heteroatoms. The zero-order chi connectivity index (χ0) is 14.9. The van der Waals surface area contributed by atoms with Crippen LogP contribution in [-0.4, -0.2) is 0 Å². The zero-order valence-electron chi connectivity index (χ0n) is 13.2. The maximum absolute atomic E-state index is 5.22. The Balaban J connectivity index is 0. The van der Waals surface area contributed by atoms with Crippen LogP contribution in [0.3, 0.4) is 0 Å². The molecular formula is C19H32. The molecule has 0 N–H and O–H groups in total. The van der Waals surface area contributed by atoms with Gasteiger partial charge in [0.2, 0.25) is 0 Å². The summed E-state index contributed by atoms with van der Waals surface area (Å²) in [5.74, 6) is 4.33. The SMILES string of the molecule is C#C.C#C/C=C\CC1CCCCCCCC1C.CC. The Bertz CT molecular complexity index is 251. The molecule has 2 atom stereocenters. The van der Waals surface area contributed by atoms with Gasteiger partial charge in [0.25, 0.3) is 0 Å². The van der Waals surface area contributed by atoms with E-state index in [-0.39, 0.29) is 0 Å². The number of terminal acetylenes is 2. The first-order valence-corrected chi connectivity index (χ1v) is 7.79. The smallest absolute Gasteiger partial charge is 0.0161 e. The molecule has 0 bridgehead atoms. The molecule has 0 nitrogen and oxygen atoms in total. The van der Waals surface area contributed by atoms with Crippen molar-refractivity contribution in [2.24, 2.45) is 11.8 Å². The Kier molecular flexibility index (Phi) is 17.9. The lowest BCUT2D eigenvalue weighted by molar-refractivity contribution is 0.315. The number of hydrogen-bond donors (Lipinski definition) is 0. The molecular weight excluding hydrogens is 228 g/mol. The van der Waals surface area contributed by atoms with E-state index in [1.54, 1.807) is 0 Å². The second-order valence-corrected chi connectivity index (χ2v) is 4.89. The molecule has 1 aliphatic rings. The molecule has 1 fully saturated rings. The van der Waals surface area contributed by atoms with Crippen LogP contribution >= 0.6 is 0 Å². The average Bonchev–Trinajstić information content (AvgIpc) is 2.57. The van der Waals surface area contributed by atoms with Crippen molar-refractivity contribution in [2.75, 3.05) is 0 Å². The van der Waals surface area contributed by atoms with E-state index in [1.807, 2.05) is 19.9 Å². The van der Waals surface area contributed by atoms with Gasteiger partial charge in [-0.2, -0.15) is 0 Å². The second kappa shape index (κ2) is 16.9. The van der Waals surface area contributed by atoms with E-state index in [1.165, 1.54) is 51.4 Å². The van der Waals surface area contributed by atoms with Gasteiger partial charge in [-0.1, -0.05) is 71.3 Å². The fourth-order valence-corrected chi connectivity index (χ4v) is 2.58. The highest BCUT2D eigenvalue weighted by molar-refractivity contribution is 5.08. The van der Waals surface area contributed by atoms with Crippen LogP contribution in [0.4, 0.5) is 0 Å². The number of rotatable bonds is 2. The predicted molar refractivity (Wildman–Crippen MR) is 88.8 cm³/mol. The molecule has 1 saturated carbocycles. The first kappa shape index (κ1) is 20.2. The van der Waals surface area contributed by atoms with Gasteiger partial charge in [0, 0.05) is 0 Å². The molecule has 0 radical (unpaired) electrons. The largest absolute Gasteiger partial charge is 0.124 e. The lowest BCUT2D eigenvalue weighted by Crippen LogP contribution is -2.10. The van der Waals surface area contributed by atoms with Crippen molar-refractivity contribution in [2.45, 2.75) is 72.1 Å². The van der Waals surface area contributed by atoms with E-state index in [9.17, 15) is 0 Å². The molecule has 108 valence electrons. The minimum absolute atomic E-state index is 0.868. The van der Waals surface area contributed by atoms with Gasteiger partial charge >= 0.3 is 0 Å². The van der Waals surface area contributed by atoms with Crippen LogP contribution in [-0.2, 0) is 0 Å². The third-order valence-corrected chi connectivity index (χ3v) is 3.69. The Morgan fingerprint density at radius 2 is 1.53 bits per heavy atom. The van der Waals surface area contributed by atoms with Crippen LogP contribution in [0.5, 0.6) is 0 Å². The van der Waals surface area contributed by atoms with Crippen LogP contribution in [0.25, 0.3) is 0 Å². The lowest BCUT2D eigenvalue weighted by Gasteiger charge is -2.21. The molecule has 0 saturated heterocycles. The lowest BCUT2D eigenvalue weighted by atomic mass is 9.84. The van der Waals surface area contributed by atoms with Crippen LogP contribution in [0, 0.1) is 37.0 Å². The molecule has 0 aromatic carbocycles. The molecule has 0 heterocycles. The van der Waals surface area contributed by atoms with Gasteiger partial charge in [0.15, 0.2) is 0 Å². The molecule has 0 aliphatic heterocycles. The van der Waals surface area contributed by atoms with Crippen LogP contribution in [0.1, 0.15) is 72.1 Å². The van der Waals surface area contributed by atoms with Gasteiger partial charge in [0.05, 0.1) is 0 Å². The molecule has 0 spiro atoms. The summed E-state index contributed by atoms with van der Waals surface area (Å²) in [5.41, 5.74) is 0. The number of allylic oxidation sites excluding steroid dienone is 2. The summed E-state index contributed by atoms with van der Waals surface area (Å²) in [6.07, 6.45) is 28.4. The Hall–Kier alpha value is -1.14. The van der Waals surface area contributed by atoms with Crippen molar-refractivity contribution in [3.63, 3.8) is 0 Å². The minimum atomic E-state index is 0.868. The molecule has 0 amide bonds. The average molecular weight is 260 g/mol. The van der Waals surface area contributed by atoms with E-state index in [2.05, 4.69) is 31.8 Å². The second-order valence-electron chi connectivity index (χ2n) is 4.89. The van der Waals surface area contributed by atoms with Gasteiger partial charge in [-0.3, -0.25) is 0 Å². The van der Waals surface area contributed by atoms with E-state index in [0.717, 1.165) is 11.8 Å². The minimum Gasteiger partial charge on any atom is -0.124 e. The van der Waals surface area contributed by atoms with Crippen molar-refractivity contribution < 1.29 is 0 Å². The molecule has 1 aliphatic carbocycles. The first-order chi connectivity index (χ1) is 9.34. The van der Waals surface area contributed by atoms with E-state index < -0.39 is 0 Å². The predicted octanol–water partition coefficient (Wildman–Crippen LogP) is 5.84. The van der Waals surface area contributed by atoms with E-state index in [4.69, 9.17) is 6.42 Å². The zero-order valence-corrected chi connectivity index (χ0v) is 13.2. The quantitative estimate of drug-likeness (QED) is 0.547. The Morgan fingerprint density at radius 3 is 2.11 bits per heavy atom. The first-order valence-electron chi connectivity index (χ1n) is 7.79. The summed E-state index contributed by atoms with van der Waals surface area (Å²) in [6, 6.07) is 0. The summed E-state index contributed by atoms with van der Waals surface area (Å²) in [7, 11) is 0. The summed E-state index contributed by atoms with van der Waals surface area (Å²) in [5, 5.41) is 0. The van der Waals surface area contributed by atoms with E-state index >= 15 is 0 Å². The van der Waals surface area contributed by atoms with Crippen LogP contribution < -0.4 is 0 Å². The van der Waals surface area contributed by atoms with Gasteiger partial charge in [-0.15, -0.1) is 19.3 Å². The monoisotopic (exact) mass is 260 g/mol. The highest BCUT2D eigenvalue weighted by atomic mass is 14.2. The van der Waals surface area contributed by atoms with Crippen molar-refractivity contribution in [3.8, 4) is 25.2 Å². The van der Waals surface area contributed by atoms with Crippen molar-refractivity contribution in [1.82, 2.24) is 0 Å².